The maximum absolute atomic E-state index is 8.25. The zero-order chi connectivity index (χ0) is 3.58. The van der Waals surface area contributed by atoms with Crippen molar-refractivity contribution in [2.75, 3.05) is 0 Å². The Balaban J connectivity index is -0.00000000750. The third-order valence-corrected chi connectivity index (χ3v) is 0. The van der Waals surface area contributed by atoms with Crippen molar-refractivity contribution < 1.29 is 43.5 Å². The summed E-state index contributed by atoms with van der Waals surface area (Å²) in [5, 5.41) is 14.8. The molecule has 0 heterocycles. The molecule has 0 aliphatic heterocycles. The molecule has 0 aromatic carbocycles. The van der Waals surface area contributed by atoms with Crippen molar-refractivity contribution in [1.29, 1.82) is 0 Å². The Morgan fingerprint density at radius 1 is 1.50 bits per heavy atom. The van der Waals surface area contributed by atoms with Crippen LogP contribution in [0.5, 0.6) is 0 Å². The molecule has 0 fully saturated rings. The van der Waals surface area contributed by atoms with Crippen LogP contribution in [0, 0.1) is 50.9 Å². The van der Waals surface area contributed by atoms with Crippen molar-refractivity contribution in [2.45, 2.75) is 0 Å². The van der Waals surface area contributed by atoms with E-state index >= 15 is 0 Å². The van der Waals surface area contributed by atoms with Gasteiger partial charge in [0.1, 0.15) is 0 Å². The van der Waals surface area contributed by atoms with Gasteiger partial charge in [0.25, 0.3) is 0 Å². The zero-order valence-corrected chi connectivity index (χ0v) is 8.79. The average Bonchev–Trinajstić information content (AvgIpc) is 0.811. The van der Waals surface area contributed by atoms with Gasteiger partial charge in [-0.15, -0.1) is 0 Å². The monoisotopic (exact) mass is 243 g/mol. The van der Waals surface area contributed by atoms with Crippen LogP contribution in [-0.2, 0) is 0 Å². The molecule has 0 atom stereocenters. The van der Waals surface area contributed by atoms with E-state index in [1.54, 1.807) is 0 Å². The van der Waals surface area contributed by atoms with Gasteiger partial charge < -0.3 is 18.2 Å². The van der Waals surface area contributed by atoms with Crippen molar-refractivity contribution in [3.63, 3.8) is 0 Å². The van der Waals surface area contributed by atoms with Gasteiger partial charge in [-0.1, -0.05) is 0 Å². The number of hydrogen-bond donors (Lipinski definition) is 0. The molecule has 0 rings (SSSR count). The van der Waals surface area contributed by atoms with Crippen LogP contribution in [-0.4, -0.2) is 42.8 Å². The van der Waals surface area contributed by atoms with E-state index < -0.39 is 5.09 Å². The summed E-state index contributed by atoms with van der Waals surface area (Å²) in [4.78, 5) is 8.25. The molecular weight excluding hydrogens is 241 g/mol. The van der Waals surface area contributed by atoms with Crippen molar-refractivity contribution >= 4 is 37.7 Å². The molecule has 0 saturated carbocycles. The van der Waals surface area contributed by atoms with E-state index in [1.807, 2.05) is 0 Å². The molecule has 1 radical (unpaired) electrons. The Hall–Kier alpha value is 1.65. The maximum Gasteiger partial charge on any atom is 2.00 e. The number of rotatable bonds is 0. The predicted octanol–water partition coefficient (Wildman–Crippen LogP) is -0.395. The minimum atomic E-state index is -1.75. The molecule has 0 unspecified atom stereocenters. The second-order valence-corrected chi connectivity index (χ2v) is 0.224. The molecule has 0 amide bonds. The van der Waals surface area contributed by atoms with Crippen molar-refractivity contribution in [3.05, 3.63) is 15.3 Å². The fraction of sp³-hybridized carbons (Fsp3) is 0. The number of nitrogens with zero attached hydrogens (tertiary/aromatic N) is 1. The van der Waals surface area contributed by atoms with Gasteiger partial charge in [-0.25, -0.2) is 0 Å². The first-order valence-electron chi connectivity index (χ1n) is 0.548. The molecule has 4 nitrogen and oxygen atoms in total. The summed E-state index contributed by atoms with van der Waals surface area (Å²) in [5.74, 6) is 0. The van der Waals surface area contributed by atoms with Gasteiger partial charge in [0.15, 0.2) is 0 Å². The van der Waals surface area contributed by atoms with E-state index in [9.17, 15) is 0 Å². The first-order chi connectivity index (χ1) is 1.73. The Bertz CT molecular complexity index is 40.3. The Labute approximate surface area is 95.0 Å². The standard InChI is InChI=1S/Ca.La.NO3.2H/c;;2-1(3)4;;/q+2;;3*-1. The second-order valence-electron chi connectivity index (χ2n) is 0.224. The molecule has 6 heteroatoms. The third-order valence-electron chi connectivity index (χ3n) is 0. The minimum absolute atomic E-state index is 0. The predicted molar refractivity (Wildman–Crippen MR) is 18.3 cm³/mol. The average molecular weight is 243 g/mol. The largest absolute Gasteiger partial charge is 2.00 e. The van der Waals surface area contributed by atoms with Gasteiger partial charge in [0.2, 0.25) is 0 Å². The Kier molecular flexibility index (Phi) is 25.6. The topological polar surface area (TPSA) is 66.2 Å². The molecule has 0 aromatic heterocycles. The summed E-state index contributed by atoms with van der Waals surface area (Å²) in [5.41, 5.74) is 0. The van der Waals surface area contributed by atoms with Gasteiger partial charge in [-0.05, 0) is 0 Å². The van der Waals surface area contributed by atoms with Crippen LogP contribution in [0.25, 0.3) is 0 Å². The van der Waals surface area contributed by atoms with Crippen LogP contribution in [0.2, 0.25) is 0 Å². The van der Waals surface area contributed by atoms with Crippen LogP contribution < -0.4 is 0 Å². The molecule has 0 saturated heterocycles. The van der Waals surface area contributed by atoms with E-state index in [0.717, 1.165) is 0 Å². The Morgan fingerprint density at radius 3 is 1.50 bits per heavy atom. The van der Waals surface area contributed by atoms with Crippen LogP contribution >= 0.6 is 0 Å². The molecule has 0 aromatic rings. The van der Waals surface area contributed by atoms with Gasteiger partial charge in [0.05, 0.1) is 5.09 Å². The molecule has 0 aliphatic carbocycles. The molecular formula is H2CaLaNO3-. The van der Waals surface area contributed by atoms with Crippen molar-refractivity contribution in [3.8, 4) is 0 Å². The minimum Gasteiger partial charge on any atom is -1.00 e. The zero-order valence-electron chi connectivity index (χ0n) is 4.96. The SMILES string of the molecule is O=[N+]([O-])[O-].[Ca+2].[H-].[H-].[La]. The van der Waals surface area contributed by atoms with Crippen LogP contribution in [0.1, 0.15) is 2.85 Å². The molecule has 6 heavy (non-hydrogen) atoms. The summed E-state index contributed by atoms with van der Waals surface area (Å²) < 4.78 is 0. The quantitative estimate of drug-likeness (QED) is 0.330. The van der Waals surface area contributed by atoms with E-state index in [2.05, 4.69) is 0 Å². The van der Waals surface area contributed by atoms with E-state index in [-0.39, 0.29) is 76.2 Å². The first kappa shape index (κ1) is 15.6. The van der Waals surface area contributed by atoms with Gasteiger partial charge in [0, 0.05) is 35.6 Å². The van der Waals surface area contributed by atoms with Crippen LogP contribution in [0.4, 0.5) is 0 Å². The smallest absolute Gasteiger partial charge is 1.00 e. The maximum atomic E-state index is 8.25. The molecule has 31 valence electrons. The van der Waals surface area contributed by atoms with E-state index in [0.29, 0.717) is 0 Å². The first-order valence-corrected chi connectivity index (χ1v) is 0.548. The summed E-state index contributed by atoms with van der Waals surface area (Å²) >= 11 is 0. The van der Waals surface area contributed by atoms with Gasteiger partial charge in [-0.2, -0.15) is 0 Å². The number of hydrogen-bond acceptors (Lipinski definition) is 3. The summed E-state index contributed by atoms with van der Waals surface area (Å²) in [6, 6.07) is 0. The normalized spacial score (nSPS) is 4.00. The third kappa shape index (κ3) is 44.8. The Morgan fingerprint density at radius 2 is 1.50 bits per heavy atom. The second kappa shape index (κ2) is 9.82. The van der Waals surface area contributed by atoms with Gasteiger partial charge in [-0.3, -0.25) is 0 Å². The molecule has 0 bridgehead atoms. The van der Waals surface area contributed by atoms with E-state index in [4.69, 9.17) is 15.3 Å². The van der Waals surface area contributed by atoms with Crippen LogP contribution in [0.3, 0.4) is 0 Å². The fourth-order valence-corrected chi connectivity index (χ4v) is 0. The summed E-state index contributed by atoms with van der Waals surface area (Å²) in [7, 11) is 0. The molecule has 0 N–H and O–H groups in total. The van der Waals surface area contributed by atoms with Gasteiger partial charge >= 0.3 is 37.7 Å². The van der Waals surface area contributed by atoms with E-state index in [1.165, 1.54) is 0 Å². The summed E-state index contributed by atoms with van der Waals surface area (Å²) in [6.07, 6.45) is 0. The fourth-order valence-electron chi connectivity index (χ4n) is 0. The molecule has 0 spiro atoms. The van der Waals surface area contributed by atoms with Crippen molar-refractivity contribution in [1.82, 2.24) is 0 Å². The summed E-state index contributed by atoms with van der Waals surface area (Å²) in [6.45, 7) is 0. The molecule has 0 aliphatic rings. The van der Waals surface area contributed by atoms with Crippen molar-refractivity contribution in [2.24, 2.45) is 0 Å². The van der Waals surface area contributed by atoms with Crippen LogP contribution in [0.15, 0.2) is 0 Å².